The second-order valence-corrected chi connectivity index (χ2v) is 3.71. The average Bonchev–Trinajstić information content (AvgIpc) is 2.44. The third-order valence-corrected chi connectivity index (χ3v) is 2.12. The van der Waals surface area contributed by atoms with Crippen LogP contribution in [0.2, 0.25) is 0 Å². The molecule has 0 aromatic carbocycles. The van der Waals surface area contributed by atoms with Crippen molar-refractivity contribution in [3.8, 4) is 0 Å². The molecule has 2 N–H and O–H groups in total. The van der Waals surface area contributed by atoms with Crippen molar-refractivity contribution in [1.82, 2.24) is 0 Å². The molecule has 5 heteroatoms. The van der Waals surface area contributed by atoms with Crippen molar-refractivity contribution in [2.24, 2.45) is 5.92 Å². The Balaban J connectivity index is 2.29. The van der Waals surface area contributed by atoms with Crippen molar-refractivity contribution >= 4 is 5.97 Å². The lowest BCUT2D eigenvalue weighted by Gasteiger charge is -2.15. The molecule has 1 saturated heterocycles. The van der Waals surface area contributed by atoms with Crippen LogP contribution >= 0.6 is 0 Å². The molecule has 82 valence electrons. The van der Waals surface area contributed by atoms with E-state index in [0.717, 1.165) is 0 Å². The quantitative estimate of drug-likeness (QED) is 0.595. The summed E-state index contributed by atoms with van der Waals surface area (Å²) < 4.78 is 9.90. The second kappa shape index (κ2) is 4.72. The van der Waals surface area contributed by atoms with Gasteiger partial charge in [-0.2, -0.15) is 0 Å². The molecule has 0 spiro atoms. The number of hydrogen-bond donors (Lipinski definition) is 2. The molecule has 1 aliphatic rings. The van der Waals surface area contributed by atoms with Crippen molar-refractivity contribution in [2.45, 2.75) is 32.2 Å². The van der Waals surface area contributed by atoms with Gasteiger partial charge in [0.1, 0.15) is 24.9 Å². The van der Waals surface area contributed by atoms with Gasteiger partial charge in [-0.05, 0) is 0 Å². The maximum atomic E-state index is 11.1. The van der Waals surface area contributed by atoms with E-state index in [4.69, 9.17) is 14.6 Å². The van der Waals surface area contributed by atoms with Gasteiger partial charge in [-0.1, -0.05) is 13.8 Å². The van der Waals surface area contributed by atoms with Crippen LogP contribution in [0.5, 0.6) is 0 Å². The zero-order valence-corrected chi connectivity index (χ0v) is 8.34. The summed E-state index contributed by atoms with van der Waals surface area (Å²) in [6.45, 7) is 3.53. The van der Waals surface area contributed by atoms with Gasteiger partial charge in [0, 0.05) is 0 Å². The summed E-state index contributed by atoms with van der Waals surface area (Å²) in [5, 5.41) is 18.5. The Hall–Kier alpha value is -0.650. The molecule has 1 aliphatic heterocycles. The molecule has 0 saturated carbocycles. The minimum absolute atomic E-state index is 0.00472. The first kappa shape index (κ1) is 11.4. The van der Waals surface area contributed by atoms with E-state index in [1.165, 1.54) is 0 Å². The fourth-order valence-corrected chi connectivity index (χ4v) is 1.14. The highest BCUT2D eigenvalue weighted by atomic mass is 16.6. The van der Waals surface area contributed by atoms with Gasteiger partial charge in [-0.25, -0.2) is 0 Å². The number of rotatable bonds is 3. The number of aliphatic hydroxyl groups excluding tert-OH is 2. The molecule has 0 aliphatic carbocycles. The smallest absolute Gasteiger partial charge is 0.308 e. The number of aliphatic hydroxyl groups is 2. The first-order valence-corrected chi connectivity index (χ1v) is 4.66. The summed E-state index contributed by atoms with van der Waals surface area (Å²) in [5.74, 6) is -0.527. The van der Waals surface area contributed by atoms with E-state index >= 15 is 0 Å². The molecular formula is C9H16O5. The van der Waals surface area contributed by atoms with Gasteiger partial charge in [-0.15, -0.1) is 0 Å². The van der Waals surface area contributed by atoms with Gasteiger partial charge in [0.05, 0.1) is 12.5 Å². The minimum Gasteiger partial charge on any atom is -0.463 e. The van der Waals surface area contributed by atoms with Crippen LogP contribution in [0.1, 0.15) is 13.8 Å². The molecule has 5 nitrogen and oxygen atoms in total. The Morgan fingerprint density at radius 3 is 2.64 bits per heavy atom. The van der Waals surface area contributed by atoms with E-state index < -0.39 is 18.3 Å². The highest BCUT2D eigenvalue weighted by Crippen LogP contribution is 2.14. The largest absolute Gasteiger partial charge is 0.463 e. The fourth-order valence-electron chi connectivity index (χ4n) is 1.14. The van der Waals surface area contributed by atoms with Crippen LogP contribution < -0.4 is 0 Å². The lowest BCUT2D eigenvalue weighted by Crippen LogP contribution is -2.34. The highest BCUT2D eigenvalue weighted by Gasteiger charge is 2.35. The zero-order chi connectivity index (χ0) is 10.7. The van der Waals surface area contributed by atoms with Crippen LogP contribution in [-0.2, 0) is 14.3 Å². The van der Waals surface area contributed by atoms with Crippen molar-refractivity contribution in [2.75, 3.05) is 13.2 Å². The minimum atomic E-state index is -0.963. The van der Waals surface area contributed by atoms with E-state index in [-0.39, 0.29) is 25.1 Å². The second-order valence-electron chi connectivity index (χ2n) is 3.71. The SMILES string of the molecule is CC(C)C(=O)OC[C@H]1OC[C@H](O)[C@@H]1O. The van der Waals surface area contributed by atoms with Gasteiger partial charge in [0.25, 0.3) is 0 Å². The molecule has 1 fully saturated rings. The number of esters is 1. The van der Waals surface area contributed by atoms with E-state index in [2.05, 4.69) is 0 Å². The van der Waals surface area contributed by atoms with Gasteiger partial charge in [0.15, 0.2) is 0 Å². The standard InChI is InChI=1S/C9H16O5/c1-5(2)9(12)14-4-7-8(11)6(10)3-13-7/h5-8,10-11H,3-4H2,1-2H3/t6-,7+,8-/m0/s1. The molecule has 0 bridgehead atoms. The first-order chi connectivity index (χ1) is 6.52. The Labute approximate surface area is 82.6 Å². The van der Waals surface area contributed by atoms with Gasteiger partial charge in [0.2, 0.25) is 0 Å². The predicted molar refractivity (Wildman–Crippen MR) is 47.6 cm³/mol. The number of carbonyl (C=O) groups excluding carboxylic acids is 1. The van der Waals surface area contributed by atoms with Crippen LogP contribution in [0.15, 0.2) is 0 Å². The van der Waals surface area contributed by atoms with Crippen LogP contribution in [0.25, 0.3) is 0 Å². The van der Waals surface area contributed by atoms with E-state index in [1.807, 2.05) is 0 Å². The Bertz CT molecular complexity index is 203. The van der Waals surface area contributed by atoms with E-state index in [9.17, 15) is 9.90 Å². The molecule has 3 atom stereocenters. The maximum Gasteiger partial charge on any atom is 0.308 e. The van der Waals surface area contributed by atoms with E-state index in [0.29, 0.717) is 0 Å². The van der Waals surface area contributed by atoms with Crippen LogP contribution in [0.3, 0.4) is 0 Å². The summed E-state index contributed by atoms with van der Waals surface area (Å²) in [5.41, 5.74) is 0. The molecule has 1 heterocycles. The Kier molecular flexibility index (Phi) is 3.86. The summed E-state index contributed by atoms with van der Waals surface area (Å²) in [4.78, 5) is 11.1. The van der Waals surface area contributed by atoms with Crippen LogP contribution in [0.4, 0.5) is 0 Å². The highest BCUT2D eigenvalue weighted by molar-refractivity contribution is 5.71. The third kappa shape index (κ3) is 2.67. The first-order valence-electron chi connectivity index (χ1n) is 4.66. The van der Waals surface area contributed by atoms with Crippen LogP contribution in [0, 0.1) is 5.92 Å². The van der Waals surface area contributed by atoms with Crippen molar-refractivity contribution in [3.63, 3.8) is 0 Å². The van der Waals surface area contributed by atoms with Crippen LogP contribution in [-0.4, -0.2) is 47.7 Å². The van der Waals surface area contributed by atoms with Crippen molar-refractivity contribution < 1.29 is 24.5 Å². The maximum absolute atomic E-state index is 11.1. The molecule has 0 amide bonds. The Morgan fingerprint density at radius 1 is 1.57 bits per heavy atom. The third-order valence-electron chi connectivity index (χ3n) is 2.12. The summed E-state index contributed by atoms with van der Waals surface area (Å²) in [6.07, 6.45) is -2.44. The normalized spacial score (nSPS) is 32.2. The molecule has 0 aromatic rings. The topological polar surface area (TPSA) is 76.0 Å². The summed E-state index contributed by atoms with van der Waals surface area (Å²) >= 11 is 0. The van der Waals surface area contributed by atoms with E-state index in [1.54, 1.807) is 13.8 Å². The summed E-state index contributed by atoms with van der Waals surface area (Å²) in [6, 6.07) is 0. The lowest BCUT2D eigenvalue weighted by molar-refractivity contribution is -0.152. The Morgan fingerprint density at radius 2 is 2.21 bits per heavy atom. The monoisotopic (exact) mass is 204 g/mol. The molecular weight excluding hydrogens is 188 g/mol. The molecule has 1 rings (SSSR count). The molecule has 0 aromatic heterocycles. The number of hydrogen-bond acceptors (Lipinski definition) is 5. The van der Waals surface area contributed by atoms with Gasteiger partial charge in [-0.3, -0.25) is 4.79 Å². The van der Waals surface area contributed by atoms with Crippen molar-refractivity contribution in [1.29, 1.82) is 0 Å². The zero-order valence-electron chi connectivity index (χ0n) is 8.34. The average molecular weight is 204 g/mol. The van der Waals surface area contributed by atoms with Gasteiger partial charge >= 0.3 is 5.97 Å². The predicted octanol–water partition coefficient (Wildman–Crippen LogP) is -0.694. The number of carbonyl (C=O) groups is 1. The fraction of sp³-hybridized carbons (Fsp3) is 0.889. The molecule has 14 heavy (non-hydrogen) atoms. The van der Waals surface area contributed by atoms with Crippen molar-refractivity contribution in [3.05, 3.63) is 0 Å². The molecule has 0 radical (unpaired) electrons. The van der Waals surface area contributed by atoms with Gasteiger partial charge < -0.3 is 19.7 Å². The summed E-state index contributed by atoms with van der Waals surface area (Å²) in [7, 11) is 0. The molecule has 0 unspecified atom stereocenters. The number of ether oxygens (including phenoxy) is 2. The lowest BCUT2D eigenvalue weighted by atomic mass is 10.1.